The highest BCUT2D eigenvalue weighted by molar-refractivity contribution is 5.67. The van der Waals surface area contributed by atoms with Gasteiger partial charge in [-0.3, -0.25) is 14.4 Å². The lowest BCUT2D eigenvalue weighted by Crippen LogP contribution is -2.66. The molecule has 1 heterocycles. The van der Waals surface area contributed by atoms with Gasteiger partial charge in [0, 0.05) is 26.3 Å². The van der Waals surface area contributed by atoms with Crippen LogP contribution in [-0.4, -0.2) is 54.1 Å². The van der Waals surface area contributed by atoms with Crippen LogP contribution in [0.3, 0.4) is 0 Å². The molecule has 2 aliphatic rings. The summed E-state index contributed by atoms with van der Waals surface area (Å²) >= 11 is 0. The Morgan fingerprint density at radius 2 is 1.15 bits per heavy atom. The van der Waals surface area contributed by atoms with Crippen LogP contribution in [0.5, 0.6) is 0 Å². The molecule has 0 amide bonds. The second kappa shape index (κ2) is 13.2. The van der Waals surface area contributed by atoms with Crippen LogP contribution in [-0.2, 0) is 53.1 Å². The monoisotopic (exact) mass is 545 g/mol. The lowest BCUT2D eigenvalue weighted by Gasteiger charge is -2.47. The number of fused-ring (bicyclic) bond motifs is 1. The molecule has 0 radical (unpaired) electrons. The molecule has 0 spiro atoms. The van der Waals surface area contributed by atoms with Crippen LogP contribution in [0.4, 0.5) is 0 Å². The second-order valence-electron chi connectivity index (χ2n) is 10.2. The number of rotatable bonds is 10. The van der Waals surface area contributed by atoms with E-state index in [0.29, 0.717) is 19.8 Å². The van der Waals surface area contributed by atoms with Crippen LogP contribution >= 0.6 is 0 Å². The van der Waals surface area contributed by atoms with Crippen LogP contribution in [0, 0.1) is 5.92 Å². The van der Waals surface area contributed by atoms with Gasteiger partial charge in [0.2, 0.25) is 0 Å². The SMILES string of the molecule is CC(=O)O[C@H]1[C@H](OCc2ccccc2)[C@@H](OC(C)=O)[C@@H]2[C@@H](CON2Cc2ccccc2)[C@@H]1OCc1ccccc1. The number of carbonyl (C=O) groups excluding carboxylic acids is 2. The molecule has 0 bridgehead atoms. The van der Waals surface area contributed by atoms with E-state index in [2.05, 4.69) is 0 Å². The van der Waals surface area contributed by atoms with Gasteiger partial charge in [-0.2, -0.15) is 5.06 Å². The maximum atomic E-state index is 12.4. The topological polar surface area (TPSA) is 83.5 Å². The first-order chi connectivity index (χ1) is 19.5. The van der Waals surface area contributed by atoms with Crippen molar-refractivity contribution in [2.24, 2.45) is 5.92 Å². The fraction of sp³-hybridized carbons (Fsp3) is 0.375. The van der Waals surface area contributed by atoms with E-state index in [4.69, 9.17) is 23.8 Å². The van der Waals surface area contributed by atoms with Crippen LogP contribution in [0.1, 0.15) is 30.5 Å². The molecule has 0 aromatic heterocycles. The third kappa shape index (κ3) is 6.77. The highest BCUT2D eigenvalue weighted by Crippen LogP contribution is 2.41. The average molecular weight is 546 g/mol. The van der Waals surface area contributed by atoms with E-state index in [9.17, 15) is 9.59 Å². The third-order valence-corrected chi connectivity index (χ3v) is 7.29. The molecule has 0 N–H and O–H groups in total. The number of carbonyl (C=O) groups is 2. The minimum Gasteiger partial charge on any atom is -0.458 e. The zero-order chi connectivity index (χ0) is 27.9. The van der Waals surface area contributed by atoms with E-state index in [-0.39, 0.29) is 12.5 Å². The van der Waals surface area contributed by atoms with Crippen molar-refractivity contribution in [2.75, 3.05) is 6.61 Å². The van der Waals surface area contributed by atoms with Crippen molar-refractivity contribution >= 4 is 11.9 Å². The molecule has 40 heavy (non-hydrogen) atoms. The van der Waals surface area contributed by atoms with Crippen molar-refractivity contribution in [1.82, 2.24) is 5.06 Å². The normalized spacial score (nSPS) is 26.1. The first-order valence-electron chi connectivity index (χ1n) is 13.6. The van der Waals surface area contributed by atoms with Gasteiger partial charge in [0.1, 0.15) is 18.3 Å². The molecule has 8 heteroatoms. The van der Waals surface area contributed by atoms with E-state index in [1.165, 1.54) is 13.8 Å². The number of hydrogen-bond donors (Lipinski definition) is 0. The highest BCUT2D eigenvalue weighted by Gasteiger charge is 2.60. The number of esters is 2. The van der Waals surface area contributed by atoms with Gasteiger partial charge in [-0.1, -0.05) is 91.0 Å². The van der Waals surface area contributed by atoms with Gasteiger partial charge in [-0.25, -0.2) is 0 Å². The molecule has 1 aliphatic carbocycles. The first kappa shape index (κ1) is 28.0. The standard InChI is InChI=1S/C32H35NO7/c1-22(34)39-30-28-27(21-38-33(28)18-24-12-6-3-7-13-24)29(36-19-25-14-8-4-9-15-25)32(40-23(2)35)31(30)37-20-26-16-10-5-11-17-26/h3-17,27-32H,18-21H2,1-2H3/t27-,28+,29+,30+,31-,32-/m1/s1. The van der Waals surface area contributed by atoms with Gasteiger partial charge < -0.3 is 18.9 Å². The maximum Gasteiger partial charge on any atom is 0.303 e. The van der Waals surface area contributed by atoms with Crippen LogP contribution in [0.15, 0.2) is 91.0 Å². The fourth-order valence-corrected chi connectivity index (χ4v) is 5.60. The van der Waals surface area contributed by atoms with E-state index in [1.54, 1.807) is 0 Å². The quantitative estimate of drug-likeness (QED) is 0.345. The average Bonchev–Trinajstić information content (AvgIpc) is 3.37. The predicted octanol–water partition coefficient (Wildman–Crippen LogP) is 4.47. The Morgan fingerprint density at radius 3 is 1.68 bits per heavy atom. The molecule has 2 fully saturated rings. The van der Waals surface area contributed by atoms with Crippen LogP contribution in [0.25, 0.3) is 0 Å². The number of hydrogen-bond acceptors (Lipinski definition) is 8. The lowest BCUT2D eigenvalue weighted by atomic mass is 9.76. The molecule has 1 saturated heterocycles. The molecular formula is C32H35NO7. The van der Waals surface area contributed by atoms with Crippen LogP contribution < -0.4 is 0 Å². The van der Waals surface area contributed by atoms with Gasteiger partial charge in [0.25, 0.3) is 0 Å². The van der Waals surface area contributed by atoms with Crippen molar-refractivity contribution in [2.45, 2.75) is 64.1 Å². The van der Waals surface area contributed by atoms with Crippen molar-refractivity contribution < 1.29 is 33.4 Å². The van der Waals surface area contributed by atoms with E-state index in [0.717, 1.165) is 16.7 Å². The predicted molar refractivity (Wildman–Crippen MR) is 146 cm³/mol. The Labute approximate surface area is 234 Å². The molecule has 8 nitrogen and oxygen atoms in total. The van der Waals surface area contributed by atoms with E-state index in [1.807, 2.05) is 96.1 Å². The molecular weight excluding hydrogens is 510 g/mol. The van der Waals surface area contributed by atoms with Gasteiger partial charge in [0.15, 0.2) is 6.10 Å². The van der Waals surface area contributed by atoms with Gasteiger partial charge in [-0.15, -0.1) is 0 Å². The number of hydroxylamine groups is 2. The molecule has 3 aromatic carbocycles. The number of benzene rings is 3. The molecule has 1 aliphatic heterocycles. The summed E-state index contributed by atoms with van der Waals surface area (Å²) in [6.07, 6.45) is -2.95. The van der Waals surface area contributed by atoms with E-state index < -0.39 is 42.4 Å². The van der Waals surface area contributed by atoms with Gasteiger partial charge in [0.05, 0.1) is 25.9 Å². The molecule has 1 saturated carbocycles. The summed E-state index contributed by atoms with van der Waals surface area (Å²) in [5.41, 5.74) is 2.98. The summed E-state index contributed by atoms with van der Waals surface area (Å²) in [6, 6.07) is 29.1. The zero-order valence-electron chi connectivity index (χ0n) is 22.8. The third-order valence-electron chi connectivity index (χ3n) is 7.29. The molecule has 0 unspecified atom stereocenters. The maximum absolute atomic E-state index is 12.4. The van der Waals surface area contributed by atoms with E-state index >= 15 is 0 Å². The second-order valence-corrected chi connectivity index (χ2v) is 10.2. The Balaban J connectivity index is 1.50. The van der Waals surface area contributed by atoms with Gasteiger partial charge >= 0.3 is 11.9 Å². The Kier molecular flexibility index (Phi) is 9.23. The molecule has 3 aromatic rings. The molecule has 210 valence electrons. The smallest absolute Gasteiger partial charge is 0.303 e. The lowest BCUT2D eigenvalue weighted by molar-refractivity contribution is -0.241. The summed E-state index contributed by atoms with van der Waals surface area (Å²) in [5.74, 6) is -1.17. The Morgan fingerprint density at radius 1 is 0.675 bits per heavy atom. The molecule has 6 atom stereocenters. The minimum atomic E-state index is -0.823. The zero-order valence-corrected chi connectivity index (χ0v) is 22.8. The number of ether oxygens (including phenoxy) is 4. The molecule has 5 rings (SSSR count). The number of nitrogens with zero attached hydrogens (tertiary/aromatic N) is 1. The largest absolute Gasteiger partial charge is 0.458 e. The van der Waals surface area contributed by atoms with Crippen molar-refractivity contribution in [3.63, 3.8) is 0 Å². The van der Waals surface area contributed by atoms with Crippen molar-refractivity contribution in [1.29, 1.82) is 0 Å². The van der Waals surface area contributed by atoms with Crippen molar-refractivity contribution in [3.8, 4) is 0 Å². The summed E-state index contributed by atoms with van der Waals surface area (Å²) in [7, 11) is 0. The summed E-state index contributed by atoms with van der Waals surface area (Å²) in [5, 5.41) is 1.86. The highest BCUT2D eigenvalue weighted by atomic mass is 16.7. The van der Waals surface area contributed by atoms with Crippen molar-refractivity contribution in [3.05, 3.63) is 108 Å². The fourth-order valence-electron chi connectivity index (χ4n) is 5.60. The summed E-state index contributed by atoms with van der Waals surface area (Å²) in [4.78, 5) is 31.1. The Bertz CT molecular complexity index is 1240. The van der Waals surface area contributed by atoms with Crippen LogP contribution in [0.2, 0.25) is 0 Å². The summed E-state index contributed by atoms with van der Waals surface area (Å²) in [6.45, 7) is 4.09. The minimum absolute atomic E-state index is 0.239. The Hall–Kier alpha value is -3.56. The van der Waals surface area contributed by atoms with Gasteiger partial charge in [-0.05, 0) is 16.7 Å². The summed E-state index contributed by atoms with van der Waals surface area (Å²) < 4.78 is 24.9. The first-order valence-corrected chi connectivity index (χ1v) is 13.6.